The number of thiophene rings is 1. The summed E-state index contributed by atoms with van der Waals surface area (Å²) in [5.74, 6) is -0.295. The smallest absolute Gasteiger partial charge is 0.321 e. The van der Waals surface area contributed by atoms with Crippen LogP contribution in [0.15, 0.2) is 66.0 Å². The van der Waals surface area contributed by atoms with Gasteiger partial charge in [-0.1, -0.05) is 17.7 Å². The Kier molecular flexibility index (Phi) is 7.59. The normalized spacial score (nSPS) is 10.3. The van der Waals surface area contributed by atoms with Crippen molar-refractivity contribution in [1.82, 2.24) is 10.6 Å². The molecule has 8 heteroatoms. The monoisotopic (exact) mass is 442 g/mol. The number of nitrogens with one attached hydrogen (secondary N) is 2. The number of halogens is 1. The molecule has 0 atom stereocenters. The van der Waals surface area contributed by atoms with E-state index >= 15 is 0 Å². The Bertz CT molecular complexity index is 1000. The minimum absolute atomic E-state index is 0.143. The maximum Gasteiger partial charge on any atom is 0.321 e. The van der Waals surface area contributed by atoms with E-state index in [4.69, 9.17) is 16.3 Å². The number of carbonyl (C=O) groups excluding carboxylic acids is 3. The number of ketones is 1. The van der Waals surface area contributed by atoms with Crippen LogP contribution in [0.4, 0.5) is 4.79 Å². The molecule has 0 aliphatic heterocycles. The highest BCUT2D eigenvalue weighted by Gasteiger charge is 2.11. The molecule has 2 N–H and O–H groups in total. The highest BCUT2D eigenvalue weighted by Crippen LogP contribution is 2.17. The summed E-state index contributed by atoms with van der Waals surface area (Å²) >= 11 is 7.45. The molecule has 154 valence electrons. The van der Waals surface area contributed by atoms with Gasteiger partial charge in [0.15, 0.2) is 12.4 Å². The standard InChI is InChI=1S/C22H19ClN2O4S/c23-17-7-3-15(4-8-17)21(27)16-5-9-18(10-6-16)29-14-20(26)25-22(28)24-12-11-19-2-1-13-30-19/h1-10,13H,11-12,14H2,(H2,24,25,26,28). The Labute approximate surface area is 182 Å². The highest BCUT2D eigenvalue weighted by molar-refractivity contribution is 7.09. The van der Waals surface area contributed by atoms with Gasteiger partial charge in [-0.2, -0.15) is 0 Å². The van der Waals surface area contributed by atoms with Gasteiger partial charge in [0.2, 0.25) is 0 Å². The van der Waals surface area contributed by atoms with E-state index in [9.17, 15) is 14.4 Å². The van der Waals surface area contributed by atoms with E-state index in [0.29, 0.717) is 34.9 Å². The topological polar surface area (TPSA) is 84.5 Å². The number of imide groups is 1. The SMILES string of the molecule is O=C(COc1ccc(C(=O)c2ccc(Cl)cc2)cc1)NC(=O)NCCc1cccs1. The van der Waals surface area contributed by atoms with Crippen LogP contribution in [0.1, 0.15) is 20.8 Å². The van der Waals surface area contributed by atoms with Gasteiger partial charge in [0, 0.05) is 27.6 Å². The van der Waals surface area contributed by atoms with Gasteiger partial charge in [0.25, 0.3) is 5.91 Å². The first-order valence-electron chi connectivity index (χ1n) is 9.14. The molecule has 6 nitrogen and oxygen atoms in total. The van der Waals surface area contributed by atoms with Gasteiger partial charge >= 0.3 is 6.03 Å². The van der Waals surface area contributed by atoms with Crippen LogP contribution in [-0.2, 0) is 11.2 Å². The number of carbonyl (C=O) groups is 3. The van der Waals surface area contributed by atoms with E-state index in [1.165, 1.54) is 0 Å². The summed E-state index contributed by atoms with van der Waals surface area (Å²) in [5, 5.41) is 7.36. The third-order valence-electron chi connectivity index (χ3n) is 4.08. The van der Waals surface area contributed by atoms with Crippen molar-refractivity contribution in [2.24, 2.45) is 0 Å². The number of benzene rings is 2. The van der Waals surface area contributed by atoms with E-state index in [-0.39, 0.29) is 12.4 Å². The van der Waals surface area contributed by atoms with E-state index in [2.05, 4.69) is 10.6 Å². The summed E-state index contributed by atoms with van der Waals surface area (Å²) in [6.45, 7) is 0.117. The summed E-state index contributed by atoms with van der Waals surface area (Å²) in [6.07, 6.45) is 0.705. The van der Waals surface area contributed by atoms with Crippen LogP contribution >= 0.6 is 22.9 Å². The second-order valence-corrected chi connectivity index (χ2v) is 7.75. The molecular formula is C22H19ClN2O4S. The summed E-state index contributed by atoms with van der Waals surface area (Å²) in [6, 6.07) is 16.4. The van der Waals surface area contributed by atoms with Crippen molar-refractivity contribution in [3.8, 4) is 5.75 Å². The van der Waals surface area contributed by atoms with Gasteiger partial charge in [-0.05, 0) is 66.4 Å². The van der Waals surface area contributed by atoms with Gasteiger partial charge in [-0.3, -0.25) is 14.9 Å². The van der Waals surface area contributed by atoms with Crippen molar-refractivity contribution in [2.45, 2.75) is 6.42 Å². The fraction of sp³-hybridized carbons (Fsp3) is 0.136. The van der Waals surface area contributed by atoms with E-state index in [1.807, 2.05) is 17.5 Å². The van der Waals surface area contributed by atoms with Crippen molar-refractivity contribution in [3.05, 3.63) is 87.1 Å². The van der Waals surface area contributed by atoms with Gasteiger partial charge in [-0.15, -0.1) is 11.3 Å². The van der Waals surface area contributed by atoms with E-state index < -0.39 is 11.9 Å². The Morgan fingerprint density at radius 1 is 0.933 bits per heavy atom. The highest BCUT2D eigenvalue weighted by atomic mass is 35.5. The molecule has 0 aliphatic rings. The minimum atomic E-state index is -0.566. The van der Waals surface area contributed by atoms with Crippen LogP contribution in [0.3, 0.4) is 0 Å². The second-order valence-electron chi connectivity index (χ2n) is 6.28. The second kappa shape index (κ2) is 10.6. The Balaban J connectivity index is 1.41. The maximum atomic E-state index is 12.4. The Hall–Kier alpha value is -3.16. The van der Waals surface area contributed by atoms with Crippen LogP contribution < -0.4 is 15.4 Å². The van der Waals surface area contributed by atoms with Gasteiger partial charge in [0.05, 0.1) is 0 Å². The maximum absolute atomic E-state index is 12.4. The van der Waals surface area contributed by atoms with Gasteiger partial charge in [0.1, 0.15) is 5.75 Å². The molecule has 2 aromatic carbocycles. The van der Waals surface area contributed by atoms with Crippen molar-refractivity contribution in [3.63, 3.8) is 0 Å². The molecule has 0 bridgehead atoms. The van der Waals surface area contributed by atoms with Crippen molar-refractivity contribution in [2.75, 3.05) is 13.2 Å². The molecule has 3 rings (SSSR count). The fourth-order valence-corrected chi connectivity index (χ4v) is 3.42. The van der Waals surface area contributed by atoms with E-state index in [0.717, 1.165) is 4.88 Å². The largest absolute Gasteiger partial charge is 0.484 e. The van der Waals surface area contributed by atoms with Gasteiger partial charge in [-0.25, -0.2) is 4.79 Å². The molecule has 0 saturated heterocycles. The third kappa shape index (κ3) is 6.43. The molecule has 1 heterocycles. The van der Waals surface area contributed by atoms with Crippen LogP contribution in [0.25, 0.3) is 0 Å². The number of ether oxygens (including phenoxy) is 1. The average Bonchev–Trinajstić information content (AvgIpc) is 3.26. The predicted molar refractivity (Wildman–Crippen MR) is 116 cm³/mol. The summed E-state index contributed by atoms with van der Waals surface area (Å²) in [5.41, 5.74) is 1.01. The molecule has 3 aromatic rings. The lowest BCUT2D eigenvalue weighted by atomic mass is 10.0. The number of hydrogen-bond donors (Lipinski definition) is 2. The van der Waals surface area contributed by atoms with Gasteiger partial charge < -0.3 is 10.1 Å². The summed E-state index contributed by atoms with van der Waals surface area (Å²) in [4.78, 5) is 37.2. The number of urea groups is 1. The number of rotatable bonds is 8. The molecule has 3 amide bonds. The van der Waals surface area contributed by atoms with Crippen molar-refractivity contribution >= 4 is 40.7 Å². The molecule has 30 heavy (non-hydrogen) atoms. The van der Waals surface area contributed by atoms with Crippen LogP contribution in [-0.4, -0.2) is 30.9 Å². The molecule has 0 unspecified atom stereocenters. The number of amides is 3. The lowest BCUT2D eigenvalue weighted by Crippen LogP contribution is -2.42. The first-order chi connectivity index (χ1) is 14.5. The molecule has 0 aliphatic carbocycles. The zero-order chi connectivity index (χ0) is 21.3. The Morgan fingerprint density at radius 2 is 1.60 bits per heavy atom. The zero-order valence-electron chi connectivity index (χ0n) is 15.9. The quantitative estimate of drug-likeness (QED) is 0.515. The van der Waals surface area contributed by atoms with Crippen molar-refractivity contribution in [1.29, 1.82) is 0 Å². The zero-order valence-corrected chi connectivity index (χ0v) is 17.5. The molecule has 0 saturated carbocycles. The van der Waals surface area contributed by atoms with Crippen molar-refractivity contribution < 1.29 is 19.1 Å². The van der Waals surface area contributed by atoms with Crippen LogP contribution in [0.2, 0.25) is 5.02 Å². The van der Waals surface area contributed by atoms with E-state index in [1.54, 1.807) is 59.9 Å². The molecule has 1 aromatic heterocycles. The summed E-state index contributed by atoms with van der Waals surface area (Å²) in [7, 11) is 0. The number of hydrogen-bond acceptors (Lipinski definition) is 5. The summed E-state index contributed by atoms with van der Waals surface area (Å²) < 4.78 is 5.37. The fourth-order valence-electron chi connectivity index (χ4n) is 2.58. The Morgan fingerprint density at radius 3 is 2.23 bits per heavy atom. The molecule has 0 fully saturated rings. The first-order valence-corrected chi connectivity index (χ1v) is 10.4. The lowest BCUT2D eigenvalue weighted by molar-refractivity contribution is -0.122. The predicted octanol–water partition coefficient (Wildman–Crippen LogP) is 4.08. The minimum Gasteiger partial charge on any atom is -0.484 e. The molecule has 0 spiro atoms. The first kappa shape index (κ1) is 21.5. The molecular weight excluding hydrogens is 424 g/mol. The average molecular weight is 443 g/mol. The van der Waals surface area contributed by atoms with Crippen LogP contribution in [0.5, 0.6) is 5.75 Å². The lowest BCUT2D eigenvalue weighted by Gasteiger charge is -2.08. The van der Waals surface area contributed by atoms with Crippen LogP contribution in [0, 0.1) is 0 Å². The third-order valence-corrected chi connectivity index (χ3v) is 5.27. The molecule has 0 radical (unpaired) electrons.